The van der Waals surface area contributed by atoms with Gasteiger partial charge in [0.2, 0.25) is 0 Å². The van der Waals surface area contributed by atoms with Crippen LogP contribution in [-0.4, -0.2) is 72.5 Å². The summed E-state index contributed by atoms with van der Waals surface area (Å²) in [4.78, 5) is 13.6. The predicted octanol–water partition coefficient (Wildman–Crippen LogP) is 5.65. The number of nitriles is 1. The molecule has 6 heterocycles. The Hall–Kier alpha value is -3.37. The van der Waals surface area contributed by atoms with E-state index in [9.17, 15) is 14.0 Å². The number of nitrogens with one attached hydrogen (secondary N) is 1. The van der Waals surface area contributed by atoms with Crippen molar-refractivity contribution in [2.75, 3.05) is 56.5 Å². The minimum atomic E-state index is -0.914. The molecule has 4 saturated heterocycles. The van der Waals surface area contributed by atoms with Gasteiger partial charge in [-0.05, 0) is 50.0 Å². The molecule has 3 N–H and O–H groups in total. The number of hydrogen-bond donors (Lipinski definition) is 2. The van der Waals surface area contributed by atoms with Crippen LogP contribution in [0.2, 0.25) is 5.02 Å². The average Bonchev–Trinajstić information content (AvgIpc) is 3.74. The van der Waals surface area contributed by atoms with Crippen LogP contribution in [0, 0.1) is 28.4 Å². The van der Waals surface area contributed by atoms with Crippen LogP contribution in [0.25, 0.3) is 32.1 Å². The monoisotopic (exact) mass is 639 g/mol. The first kappa shape index (κ1) is 28.1. The fourth-order valence-corrected chi connectivity index (χ4v) is 9.09. The number of halogens is 4. The molecule has 1 spiro atoms. The lowest BCUT2D eigenvalue weighted by atomic mass is 9.79. The molecular weight excluding hydrogens is 611 g/mol. The van der Waals surface area contributed by atoms with Gasteiger partial charge in [0.15, 0.2) is 5.82 Å². The molecule has 4 aliphatic heterocycles. The molecule has 2 atom stereocenters. The quantitative estimate of drug-likeness (QED) is 0.289. The number of thiophene rings is 1. The SMILES string of the molecule is N#Cc1c(N)sc2c(F)ccc(-c3c(Cl)cc4c(N5CC6(CCNC6)C5)nc(OC[C@@]56CCCN5C[C@H](F)C6)nc4c3F)c12. The lowest BCUT2D eigenvalue weighted by molar-refractivity contribution is 0.107. The summed E-state index contributed by atoms with van der Waals surface area (Å²) in [6.45, 7) is 4.75. The molecule has 0 bridgehead atoms. The smallest absolute Gasteiger partial charge is 0.319 e. The molecule has 2 aromatic heterocycles. The normalized spacial score (nSPS) is 24.3. The van der Waals surface area contributed by atoms with Crippen LogP contribution < -0.4 is 20.7 Å². The Morgan fingerprint density at radius 3 is 2.86 bits per heavy atom. The van der Waals surface area contributed by atoms with E-state index in [2.05, 4.69) is 20.1 Å². The van der Waals surface area contributed by atoms with Crippen LogP contribution in [0.15, 0.2) is 18.2 Å². The van der Waals surface area contributed by atoms with E-state index in [0.717, 1.165) is 63.3 Å². The van der Waals surface area contributed by atoms with Crippen LogP contribution >= 0.6 is 22.9 Å². The Labute approximate surface area is 260 Å². The minimum absolute atomic E-state index is 0.00430. The standard InChI is InChI=1S/C31H29ClF3N7OS/c32-20-8-18-25(24(35)23(20)17-2-3-21(34)26-22(17)19(10-36)27(37)44-26)39-29(40-28(18)41-13-30(14-41)5-6-38-12-30)43-15-31-4-1-7-42(31)11-16(33)9-31/h2-3,8,16,38H,1,4-7,9,11-15,37H2/t16-,31+/m1/s1. The molecule has 4 fully saturated rings. The summed E-state index contributed by atoms with van der Waals surface area (Å²) in [7, 11) is 0. The molecule has 8 rings (SSSR count). The van der Waals surface area contributed by atoms with Crippen molar-refractivity contribution in [3.8, 4) is 23.2 Å². The van der Waals surface area contributed by atoms with E-state index in [-0.39, 0.29) is 60.3 Å². The molecule has 0 amide bonds. The number of ether oxygens (including phenoxy) is 1. The van der Waals surface area contributed by atoms with Crippen molar-refractivity contribution < 1.29 is 17.9 Å². The zero-order valence-electron chi connectivity index (χ0n) is 23.7. The number of alkyl halides is 1. The maximum absolute atomic E-state index is 16.8. The molecule has 2 aromatic carbocycles. The maximum Gasteiger partial charge on any atom is 0.319 e. The van der Waals surface area contributed by atoms with Crippen LogP contribution in [0.4, 0.5) is 24.0 Å². The second-order valence-electron chi connectivity index (χ2n) is 12.7. The summed E-state index contributed by atoms with van der Waals surface area (Å²) < 4.78 is 52.4. The number of nitrogen functional groups attached to an aromatic ring is 1. The molecule has 4 aromatic rings. The Morgan fingerprint density at radius 2 is 2.09 bits per heavy atom. The first-order valence-corrected chi connectivity index (χ1v) is 16.0. The van der Waals surface area contributed by atoms with E-state index < -0.39 is 23.3 Å². The number of anilines is 2. The van der Waals surface area contributed by atoms with Gasteiger partial charge < -0.3 is 20.7 Å². The Bertz CT molecular complexity index is 1880. The highest BCUT2D eigenvalue weighted by molar-refractivity contribution is 7.23. The molecule has 228 valence electrons. The van der Waals surface area contributed by atoms with Crippen molar-refractivity contribution in [3.05, 3.63) is 40.4 Å². The van der Waals surface area contributed by atoms with Gasteiger partial charge in [-0.2, -0.15) is 15.2 Å². The number of fused-ring (bicyclic) bond motifs is 3. The van der Waals surface area contributed by atoms with Gasteiger partial charge in [0.1, 0.15) is 41.0 Å². The van der Waals surface area contributed by atoms with Gasteiger partial charge in [0, 0.05) is 54.4 Å². The molecule has 0 saturated carbocycles. The number of benzene rings is 2. The first-order valence-electron chi connectivity index (χ1n) is 14.8. The van der Waals surface area contributed by atoms with Gasteiger partial charge in [0.25, 0.3) is 0 Å². The number of aromatic nitrogens is 2. The van der Waals surface area contributed by atoms with Crippen LogP contribution in [0.5, 0.6) is 6.01 Å². The van der Waals surface area contributed by atoms with Gasteiger partial charge in [-0.3, -0.25) is 4.90 Å². The van der Waals surface area contributed by atoms with Gasteiger partial charge in [-0.1, -0.05) is 17.7 Å². The zero-order chi connectivity index (χ0) is 30.4. The fourth-order valence-electron chi connectivity index (χ4n) is 7.85. The zero-order valence-corrected chi connectivity index (χ0v) is 25.3. The van der Waals surface area contributed by atoms with E-state index in [0.29, 0.717) is 24.2 Å². The molecular formula is C31H29ClF3N7OS. The van der Waals surface area contributed by atoms with Gasteiger partial charge in [0.05, 0.1) is 20.8 Å². The molecule has 44 heavy (non-hydrogen) atoms. The number of hydrogen-bond acceptors (Lipinski definition) is 9. The maximum atomic E-state index is 16.8. The third-order valence-corrected chi connectivity index (χ3v) is 11.3. The molecule has 4 aliphatic rings. The summed E-state index contributed by atoms with van der Waals surface area (Å²) in [5, 5.41) is 14.1. The summed E-state index contributed by atoms with van der Waals surface area (Å²) in [6, 6.07) is 6.30. The van der Waals surface area contributed by atoms with Crippen LogP contribution in [0.3, 0.4) is 0 Å². The van der Waals surface area contributed by atoms with Crippen molar-refractivity contribution in [1.82, 2.24) is 20.2 Å². The third-order valence-electron chi connectivity index (χ3n) is 9.96. The molecule has 0 aliphatic carbocycles. The van der Waals surface area contributed by atoms with E-state index in [4.69, 9.17) is 27.1 Å². The number of nitrogens with zero attached hydrogens (tertiary/aromatic N) is 5. The number of nitrogens with two attached hydrogens (primary N) is 1. The van der Waals surface area contributed by atoms with Crippen molar-refractivity contribution in [2.45, 2.75) is 37.4 Å². The van der Waals surface area contributed by atoms with Gasteiger partial charge in [-0.25, -0.2) is 13.2 Å². The average molecular weight is 640 g/mol. The summed E-state index contributed by atoms with van der Waals surface area (Å²) in [5.41, 5.74) is 6.07. The second-order valence-corrected chi connectivity index (χ2v) is 14.1. The lowest BCUT2D eigenvalue weighted by Crippen LogP contribution is -2.58. The van der Waals surface area contributed by atoms with Crippen LogP contribution in [0.1, 0.15) is 31.2 Å². The number of rotatable bonds is 5. The fraction of sp³-hybridized carbons (Fsp3) is 0.452. The van der Waals surface area contributed by atoms with E-state index in [1.165, 1.54) is 12.1 Å². The molecule has 13 heteroatoms. The molecule has 8 nitrogen and oxygen atoms in total. The van der Waals surface area contributed by atoms with E-state index in [1.54, 1.807) is 6.07 Å². The Kier molecular flexibility index (Phi) is 6.44. The molecule has 0 radical (unpaired) electrons. The highest BCUT2D eigenvalue weighted by atomic mass is 35.5. The Balaban J connectivity index is 1.27. The summed E-state index contributed by atoms with van der Waals surface area (Å²) in [6.07, 6.45) is 2.29. The minimum Gasteiger partial charge on any atom is -0.461 e. The summed E-state index contributed by atoms with van der Waals surface area (Å²) >= 11 is 7.74. The van der Waals surface area contributed by atoms with Crippen molar-refractivity contribution in [3.63, 3.8) is 0 Å². The highest BCUT2D eigenvalue weighted by Gasteiger charge is 2.50. The lowest BCUT2D eigenvalue weighted by Gasteiger charge is -2.48. The van der Waals surface area contributed by atoms with Crippen molar-refractivity contribution in [2.24, 2.45) is 5.41 Å². The third kappa shape index (κ3) is 4.16. The van der Waals surface area contributed by atoms with E-state index >= 15 is 4.39 Å². The Morgan fingerprint density at radius 1 is 1.25 bits per heavy atom. The largest absolute Gasteiger partial charge is 0.461 e. The van der Waals surface area contributed by atoms with Gasteiger partial charge in [-0.15, -0.1) is 11.3 Å². The van der Waals surface area contributed by atoms with Crippen molar-refractivity contribution in [1.29, 1.82) is 5.26 Å². The van der Waals surface area contributed by atoms with Crippen LogP contribution in [-0.2, 0) is 0 Å². The van der Waals surface area contributed by atoms with Crippen molar-refractivity contribution >= 4 is 54.7 Å². The topological polar surface area (TPSA) is 103 Å². The summed E-state index contributed by atoms with van der Waals surface area (Å²) in [5.74, 6) is -0.770. The first-order chi connectivity index (χ1) is 21.2. The molecule has 0 unspecified atom stereocenters. The van der Waals surface area contributed by atoms with Gasteiger partial charge >= 0.3 is 6.01 Å². The predicted molar refractivity (Wildman–Crippen MR) is 165 cm³/mol. The highest BCUT2D eigenvalue weighted by Crippen LogP contribution is 2.47. The van der Waals surface area contributed by atoms with E-state index in [1.807, 2.05) is 6.07 Å². The second kappa shape index (κ2) is 10.1.